The predicted molar refractivity (Wildman–Crippen MR) is 63.3 cm³/mol. The maximum absolute atomic E-state index is 5.83. The minimum absolute atomic E-state index is 0.278. The first-order valence-corrected chi connectivity index (χ1v) is 6.16. The average molecular weight is 223 g/mol. The van der Waals surface area contributed by atoms with Crippen molar-refractivity contribution in [2.45, 2.75) is 44.9 Å². The number of rotatable bonds is 4. The summed E-state index contributed by atoms with van der Waals surface area (Å²) >= 11 is 0. The molecule has 90 valence electrons. The van der Waals surface area contributed by atoms with Gasteiger partial charge >= 0.3 is 0 Å². The van der Waals surface area contributed by atoms with Crippen molar-refractivity contribution in [3.63, 3.8) is 0 Å². The quantitative estimate of drug-likeness (QED) is 0.845. The Hall–Kier alpha value is -0.870. The summed E-state index contributed by atoms with van der Waals surface area (Å²) in [5, 5.41) is 7.67. The Morgan fingerprint density at radius 2 is 2.50 bits per heavy atom. The second kappa shape index (κ2) is 5.46. The van der Waals surface area contributed by atoms with Gasteiger partial charge in [0.1, 0.15) is 0 Å². The number of ether oxygens (including phenoxy) is 1. The number of hydrogen-bond donors (Lipinski definition) is 1. The molecule has 0 spiro atoms. The van der Waals surface area contributed by atoms with E-state index < -0.39 is 0 Å². The van der Waals surface area contributed by atoms with Crippen LogP contribution >= 0.6 is 0 Å². The number of nitrogens with one attached hydrogen (secondary N) is 1. The molecule has 16 heavy (non-hydrogen) atoms. The first-order valence-electron chi connectivity index (χ1n) is 6.16. The molecule has 1 fully saturated rings. The van der Waals surface area contributed by atoms with Crippen LogP contribution < -0.4 is 5.32 Å². The van der Waals surface area contributed by atoms with Gasteiger partial charge in [0.15, 0.2) is 0 Å². The SMILES string of the molecule is CCn1cc(C(NC)C2CCCCO2)cn1. The molecule has 0 aromatic carbocycles. The highest BCUT2D eigenvalue weighted by molar-refractivity contribution is 5.12. The van der Waals surface area contributed by atoms with Gasteiger partial charge in [0.2, 0.25) is 0 Å². The smallest absolute Gasteiger partial charge is 0.0770 e. The summed E-state index contributed by atoms with van der Waals surface area (Å²) in [5.74, 6) is 0. The first-order chi connectivity index (χ1) is 7.85. The molecular formula is C12H21N3O. The lowest BCUT2D eigenvalue weighted by atomic mass is 9.98. The third-order valence-electron chi connectivity index (χ3n) is 3.23. The van der Waals surface area contributed by atoms with Crippen LogP contribution in [0.5, 0.6) is 0 Å². The molecule has 2 rings (SSSR count). The van der Waals surface area contributed by atoms with E-state index in [1.807, 2.05) is 17.9 Å². The normalized spacial score (nSPS) is 23.2. The fourth-order valence-electron chi connectivity index (χ4n) is 2.31. The zero-order valence-corrected chi connectivity index (χ0v) is 10.1. The van der Waals surface area contributed by atoms with Crippen molar-refractivity contribution in [2.24, 2.45) is 0 Å². The molecule has 1 N–H and O–H groups in total. The minimum atomic E-state index is 0.278. The summed E-state index contributed by atoms with van der Waals surface area (Å²) in [6.07, 6.45) is 7.96. The summed E-state index contributed by atoms with van der Waals surface area (Å²) in [4.78, 5) is 0. The van der Waals surface area contributed by atoms with E-state index in [1.54, 1.807) is 0 Å². The molecule has 1 aliphatic heterocycles. The Morgan fingerprint density at radius 1 is 1.62 bits per heavy atom. The molecule has 0 amide bonds. The molecule has 1 aromatic heterocycles. The van der Waals surface area contributed by atoms with Gasteiger partial charge in [0.25, 0.3) is 0 Å². The Bertz CT molecular complexity index is 318. The number of aryl methyl sites for hydroxylation is 1. The molecular weight excluding hydrogens is 202 g/mol. The molecule has 0 saturated carbocycles. The van der Waals surface area contributed by atoms with Crippen molar-refractivity contribution in [3.8, 4) is 0 Å². The number of aromatic nitrogens is 2. The van der Waals surface area contributed by atoms with Crippen molar-refractivity contribution < 1.29 is 4.74 Å². The fourth-order valence-corrected chi connectivity index (χ4v) is 2.31. The van der Waals surface area contributed by atoms with Gasteiger partial charge in [-0.1, -0.05) is 0 Å². The summed E-state index contributed by atoms with van der Waals surface area (Å²) in [6, 6.07) is 0.278. The molecule has 0 bridgehead atoms. The summed E-state index contributed by atoms with van der Waals surface area (Å²) in [7, 11) is 1.99. The summed E-state index contributed by atoms with van der Waals surface area (Å²) in [5.41, 5.74) is 1.23. The Labute approximate surface area is 97.0 Å². The van der Waals surface area contributed by atoms with Gasteiger partial charge < -0.3 is 10.1 Å². The van der Waals surface area contributed by atoms with Crippen LogP contribution in [0.25, 0.3) is 0 Å². The van der Waals surface area contributed by atoms with Crippen LogP contribution in [0.4, 0.5) is 0 Å². The van der Waals surface area contributed by atoms with Crippen molar-refractivity contribution in [3.05, 3.63) is 18.0 Å². The molecule has 4 nitrogen and oxygen atoms in total. The van der Waals surface area contributed by atoms with E-state index in [-0.39, 0.29) is 6.04 Å². The Balaban J connectivity index is 2.08. The third-order valence-corrected chi connectivity index (χ3v) is 3.23. The lowest BCUT2D eigenvalue weighted by Crippen LogP contribution is -2.33. The van der Waals surface area contributed by atoms with Crippen molar-refractivity contribution in [1.82, 2.24) is 15.1 Å². The standard InChI is InChI=1S/C12H21N3O/c1-3-15-9-10(8-14-15)12(13-2)11-6-4-5-7-16-11/h8-9,11-13H,3-7H2,1-2H3. The second-order valence-corrected chi connectivity index (χ2v) is 4.30. The third kappa shape index (κ3) is 2.44. The number of nitrogens with zero attached hydrogens (tertiary/aromatic N) is 2. The van der Waals surface area contributed by atoms with E-state index in [2.05, 4.69) is 23.5 Å². The monoisotopic (exact) mass is 223 g/mol. The van der Waals surface area contributed by atoms with Crippen LogP contribution in [0.2, 0.25) is 0 Å². The highest BCUT2D eigenvalue weighted by Crippen LogP contribution is 2.25. The number of hydrogen-bond acceptors (Lipinski definition) is 3. The average Bonchev–Trinajstić information content (AvgIpc) is 2.80. The van der Waals surface area contributed by atoms with Crippen molar-refractivity contribution in [2.75, 3.05) is 13.7 Å². The van der Waals surface area contributed by atoms with E-state index in [0.717, 1.165) is 19.6 Å². The summed E-state index contributed by atoms with van der Waals surface area (Å²) in [6.45, 7) is 3.91. The molecule has 0 radical (unpaired) electrons. The minimum Gasteiger partial charge on any atom is -0.376 e. The van der Waals surface area contributed by atoms with Gasteiger partial charge in [0, 0.05) is 24.9 Å². The second-order valence-electron chi connectivity index (χ2n) is 4.30. The Morgan fingerprint density at radius 3 is 3.06 bits per heavy atom. The van der Waals surface area contributed by atoms with E-state index >= 15 is 0 Å². The zero-order valence-electron chi connectivity index (χ0n) is 10.1. The van der Waals surface area contributed by atoms with Gasteiger partial charge in [-0.05, 0) is 33.2 Å². The molecule has 1 aromatic rings. The maximum atomic E-state index is 5.83. The number of likely N-dealkylation sites (N-methyl/N-ethyl adjacent to an activating group) is 1. The molecule has 2 heterocycles. The summed E-state index contributed by atoms with van der Waals surface area (Å²) < 4.78 is 7.79. The predicted octanol–water partition coefficient (Wildman–Crippen LogP) is 1.73. The zero-order chi connectivity index (χ0) is 11.4. The van der Waals surface area contributed by atoms with Crippen LogP contribution in [-0.4, -0.2) is 29.5 Å². The highest BCUT2D eigenvalue weighted by Gasteiger charge is 2.25. The molecule has 4 heteroatoms. The van der Waals surface area contributed by atoms with E-state index in [9.17, 15) is 0 Å². The lowest BCUT2D eigenvalue weighted by Gasteiger charge is -2.29. The van der Waals surface area contributed by atoms with Crippen molar-refractivity contribution in [1.29, 1.82) is 0 Å². The lowest BCUT2D eigenvalue weighted by molar-refractivity contribution is -0.00663. The molecule has 2 atom stereocenters. The van der Waals surface area contributed by atoms with E-state index in [0.29, 0.717) is 6.10 Å². The molecule has 1 saturated heterocycles. The topological polar surface area (TPSA) is 39.1 Å². The van der Waals surface area contributed by atoms with E-state index in [4.69, 9.17) is 4.74 Å². The van der Waals surface area contributed by atoms with Crippen LogP contribution in [0, 0.1) is 0 Å². The molecule has 0 aliphatic carbocycles. The highest BCUT2D eigenvalue weighted by atomic mass is 16.5. The van der Waals surface area contributed by atoms with Crippen LogP contribution in [0.3, 0.4) is 0 Å². The van der Waals surface area contributed by atoms with Crippen LogP contribution in [-0.2, 0) is 11.3 Å². The van der Waals surface area contributed by atoms with Crippen LogP contribution in [0.15, 0.2) is 12.4 Å². The Kier molecular flexibility index (Phi) is 3.96. The van der Waals surface area contributed by atoms with Gasteiger partial charge in [0.05, 0.1) is 18.3 Å². The van der Waals surface area contributed by atoms with E-state index in [1.165, 1.54) is 18.4 Å². The van der Waals surface area contributed by atoms with Gasteiger partial charge in [-0.15, -0.1) is 0 Å². The van der Waals surface area contributed by atoms with Crippen molar-refractivity contribution >= 4 is 0 Å². The van der Waals surface area contributed by atoms with Crippen LogP contribution in [0.1, 0.15) is 37.8 Å². The maximum Gasteiger partial charge on any atom is 0.0770 e. The molecule has 1 aliphatic rings. The first kappa shape index (κ1) is 11.6. The van der Waals surface area contributed by atoms with Gasteiger partial charge in [-0.2, -0.15) is 5.10 Å². The molecule has 2 unspecified atom stereocenters. The largest absolute Gasteiger partial charge is 0.376 e. The fraction of sp³-hybridized carbons (Fsp3) is 0.750. The van der Waals surface area contributed by atoms with Gasteiger partial charge in [-0.3, -0.25) is 4.68 Å². The van der Waals surface area contributed by atoms with Gasteiger partial charge in [-0.25, -0.2) is 0 Å².